The molecule has 1 fully saturated rings. The van der Waals surface area contributed by atoms with Gasteiger partial charge < -0.3 is 14.9 Å². The Labute approximate surface area is 125 Å². The number of morpholine rings is 1. The Morgan fingerprint density at radius 3 is 2.81 bits per heavy atom. The number of nitrogens with zero attached hydrogens (tertiary/aromatic N) is 1. The minimum Gasteiger partial charge on any atom is -0.508 e. The van der Waals surface area contributed by atoms with Crippen LogP contribution in [0.1, 0.15) is 25.3 Å². The van der Waals surface area contributed by atoms with Crippen molar-refractivity contribution in [2.75, 3.05) is 19.8 Å². The molecule has 5 nitrogen and oxygen atoms in total. The molecule has 21 heavy (non-hydrogen) atoms. The van der Waals surface area contributed by atoms with Crippen LogP contribution < -0.4 is 0 Å². The number of carboxylic acid groups (broad SMARTS) is 1. The molecule has 1 aliphatic heterocycles. The van der Waals surface area contributed by atoms with Gasteiger partial charge in [-0.3, -0.25) is 9.69 Å². The number of aliphatic carboxylic acids is 1. The maximum atomic E-state index is 10.9. The minimum atomic E-state index is -0.777. The third-order valence-electron chi connectivity index (χ3n) is 4.04. The van der Waals surface area contributed by atoms with Crippen LogP contribution in [-0.4, -0.2) is 52.9 Å². The number of aryl methyl sites for hydroxylation is 1. The number of phenols is 1. The SMILES string of the molecule is CC(CCc1ccc(O)cc1)N1CCOCC1CC(=O)O. The summed E-state index contributed by atoms with van der Waals surface area (Å²) in [6.45, 7) is 4.09. The Kier molecular flexibility index (Phi) is 5.59. The van der Waals surface area contributed by atoms with Gasteiger partial charge in [-0.2, -0.15) is 0 Å². The molecule has 1 aromatic rings. The third-order valence-corrected chi connectivity index (χ3v) is 4.04. The lowest BCUT2D eigenvalue weighted by atomic mass is 10.0. The standard InChI is InChI=1S/C16H23NO4/c1-12(2-3-13-4-6-15(18)7-5-13)17-8-9-21-11-14(17)10-16(19)20/h4-7,12,14,18H,2-3,8-11H2,1H3,(H,19,20). The van der Waals surface area contributed by atoms with Gasteiger partial charge in [0.15, 0.2) is 0 Å². The highest BCUT2D eigenvalue weighted by Gasteiger charge is 2.28. The number of carbonyl (C=O) groups is 1. The van der Waals surface area contributed by atoms with Crippen molar-refractivity contribution in [2.45, 2.75) is 38.3 Å². The fraction of sp³-hybridized carbons (Fsp3) is 0.562. The highest BCUT2D eigenvalue weighted by Crippen LogP contribution is 2.19. The Hall–Kier alpha value is -1.59. The highest BCUT2D eigenvalue weighted by molar-refractivity contribution is 5.67. The zero-order valence-electron chi connectivity index (χ0n) is 12.4. The van der Waals surface area contributed by atoms with Gasteiger partial charge >= 0.3 is 5.97 Å². The first-order valence-electron chi connectivity index (χ1n) is 7.39. The predicted molar refractivity (Wildman–Crippen MR) is 79.5 cm³/mol. The van der Waals surface area contributed by atoms with Gasteiger partial charge in [0.2, 0.25) is 0 Å². The van der Waals surface area contributed by atoms with Gasteiger partial charge in [-0.15, -0.1) is 0 Å². The average molecular weight is 293 g/mol. The van der Waals surface area contributed by atoms with Crippen molar-refractivity contribution in [1.82, 2.24) is 4.90 Å². The van der Waals surface area contributed by atoms with E-state index >= 15 is 0 Å². The van der Waals surface area contributed by atoms with Gasteiger partial charge in [0.05, 0.1) is 19.6 Å². The second-order valence-electron chi connectivity index (χ2n) is 5.62. The number of carboxylic acids is 1. The van der Waals surface area contributed by atoms with E-state index in [9.17, 15) is 9.90 Å². The Morgan fingerprint density at radius 2 is 2.14 bits per heavy atom. The minimum absolute atomic E-state index is 0.0360. The van der Waals surface area contributed by atoms with Crippen LogP contribution in [0.15, 0.2) is 24.3 Å². The maximum absolute atomic E-state index is 10.9. The van der Waals surface area contributed by atoms with Gasteiger partial charge in [-0.1, -0.05) is 12.1 Å². The lowest BCUT2D eigenvalue weighted by Gasteiger charge is -2.39. The summed E-state index contributed by atoms with van der Waals surface area (Å²) in [4.78, 5) is 13.2. The first-order chi connectivity index (χ1) is 10.1. The number of ether oxygens (including phenoxy) is 1. The molecule has 0 aliphatic carbocycles. The molecule has 116 valence electrons. The van der Waals surface area contributed by atoms with E-state index in [0.29, 0.717) is 19.3 Å². The zero-order valence-corrected chi connectivity index (χ0v) is 12.4. The van der Waals surface area contributed by atoms with E-state index in [1.165, 1.54) is 5.56 Å². The van der Waals surface area contributed by atoms with Crippen molar-refractivity contribution in [3.63, 3.8) is 0 Å². The molecule has 1 saturated heterocycles. The van der Waals surface area contributed by atoms with Gasteiger partial charge in [0, 0.05) is 18.6 Å². The first-order valence-corrected chi connectivity index (χ1v) is 7.39. The van der Waals surface area contributed by atoms with Crippen LogP contribution in [0.5, 0.6) is 5.75 Å². The van der Waals surface area contributed by atoms with Crippen molar-refractivity contribution in [2.24, 2.45) is 0 Å². The number of rotatable bonds is 6. The van der Waals surface area contributed by atoms with E-state index in [-0.39, 0.29) is 18.2 Å². The van der Waals surface area contributed by atoms with E-state index in [2.05, 4.69) is 11.8 Å². The van der Waals surface area contributed by atoms with Crippen LogP contribution in [0.3, 0.4) is 0 Å². The summed E-state index contributed by atoms with van der Waals surface area (Å²) >= 11 is 0. The summed E-state index contributed by atoms with van der Waals surface area (Å²) in [6, 6.07) is 7.52. The van der Waals surface area contributed by atoms with Crippen LogP contribution in [0, 0.1) is 0 Å². The largest absolute Gasteiger partial charge is 0.508 e. The number of phenolic OH excluding ortho intramolecular Hbond substituents is 1. The topological polar surface area (TPSA) is 70.0 Å². The van der Waals surface area contributed by atoms with Gasteiger partial charge in [-0.05, 0) is 37.5 Å². The molecule has 0 radical (unpaired) electrons. The van der Waals surface area contributed by atoms with Gasteiger partial charge in [0.1, 0.15) is 5.75 Å². The Bertz CT molecular complexity index is 460. The van der Waals surface area contributed by atoms with E-state index in [0.717, 1.165) is 19.4 Å². The molecule has 2 atom stereocenters. The molecule has 5 heteroatoms. The summed E-state index contributed by atoms with van der Waals surface area (Å²) in [6.07, 6.45) is 2.00. The monoisotopic (exact) mass is 293 g/mol. The molecule has 2 N–H and O–H groups in total. The molecule has 0 spiro atoms. The van der Waals surface area contributed by atoms with Crippen LogP contribution >= 0.6 is 0 Å². The molecular weight excluding hydrogens is 270 g/mol. The second kappa shape index (κ2) is 7.43. The molecule has 0 amide bonds. The fourth-order valence-corrected chi connectivity index (χ4v) is 2.83. The van der Waals surface area contributed by atoms with Gasteiger partial charge in [0.25, 0.3) is 0 Å². The summed E-state index contributed by atoms with van der Waals surface area (Å²) in [5.41, 5.74) is 1.18. The molecule has 0 aromatic heterocycles. The highest BCUT2D eigenvalue weighted by atomic mass is 16.5. The Morgan fingerprint density at radius 1 is 1.43 bits per heavy atom. The smallest absolute Gasteiger partial charge is 0.305 e. The van der Waals surface area contributed by atoms with Crippen LogP contribution in [0.4, 0.5) is 0 Å². The molecule has 2 rings (SSSR count). The van der Waals surface area contributed by atoms with Crippen LogP contribution in [0.25, 0.3) is 0 Å². The molecule has 1 heterocycles. The van der Waals surface area contributed by atoms with E-state index < -0.39 is 5.97 Å². The molecule has 1 aliphatic rings. The van der Waals surface area contributed by atoms with Crippen LogP contribution in [-0.2, 0) is 16.0 Å². The fourth-order valence-electron chi connectivity index (χ4n) is 2.83. The zero-order chi connectivity index (χ0) is 15.2. The van der Waals surface area contributed by atoms with Crippen molar-refractivity contribution < 1.29 is 19.7 Å². The second-order valence-corrected chi connectivity index (χ2v) is 5.62. The van der Waals surface area contributed by atoms with E-state index in [4.69, 9.17) is 9.84 Å². The first kappa shape index (κ1) is 15.8. The number of aromatic hydroxyl groups is 1. The third kappa shape index (κ3) is 4.72. The summed E-state index contributed by atoms with van der Waals surface area (Å²) in [5, 5.41) is 18.3. The lowest BCUT2D eigenvalue weighted by Crippen LogP contribution is -2.50. The molecule has 0 bridgehead atoms. The van der Waals surface area contributed by atoms with Gasteiger partial charge in [-0.25, -0.2) is 0 Å². The van der Waals surface area contributed by atoms with Crippen molar-refractivity contribution in [1.29, 1.82) is 0 Å². The summed E-state index contributed by atoms with van der Waals surface area (Å²) in [5.74, 6) is -0.497. The molecule has 1 aromatic carbocycles. The summed E-state index contributed by atoms with van der Waals surface area (Å²) in [7, 11) is 0. The molecule has 2 unspecified atom stereocenters. The molecular formula is C16H23NO4. The van der Waals surface area contributed by atoms with Crippen molar-refractivity contribution >= 4 is 5.97 Å². The molecule has 0 saturated carbocycles. The van der Waals surface area contributed by atoms with E-state index in [1.54, 1.807) is 12.1 Å². The Balaban J connectivity index is 1.89. The number of hydrogen-bond donors (Lipinski definition) is 2. The lowest BCUT2D eigenvalue weighted by molar-refractivity contribution is -0.140. The summed E-state index contributed by atoms with van der Waals surface area (Å²) < 4.78 is 5.41. The predicted octanol–water partition coefficient (Wildman–Crippen LogP) is 1.89. The number of hydrogen-bond acceptors (Lipinski definition) is 4. The quantitative estimate of drug-likeness (QED) is 0.838. The van der Waals surface area contributed by atoms with Crippen LogP contribution in [0.2, 0.25) is 0 Å². The maximum Gasteiger partial charge on any atom is 0.305 e. The van der Waals surface area contributed by atoms with E-state index in [1.807, 2.05) is 12.1 Å². The average Bonchev–Trinajstić information content (AvgIpc) is 2.46. The normalized spacial score (nSPS) is 21.1. The van der Waals surface area contributed by atoms with Crippen molar-refractivity contribution in [3.8, 4) is 5.75 Å². The van der Waals surface area contributed by atoms with Crippen molar-refractivity contribution in [3.05, 3.63) is 29.8 Å². The number of benzene rings is 1.